The van der Waals surface area contributed by atoms with Crippen LogP contribution < -0.4 is 21.1 Å². The number of nitrogen functional groups attached to an aromatic ring is 1. The average molecular weight is 306 g/mol. The number of benzene rings is 1. The molecule has 7 heteroatoms. The van der Waals surface area contributed by atoms with Crippen molar-refractivity contribution in [2.24, 2.45) is 0 Å². The highest BCUT2D eigenvalue weighted by Crippen LogP contribution is 2.25. The summed E-state index contributed by atoms with van der Waals surface area (Å²) in [5, 5.41) is 6.41. The van der Waals surface area contributed by atoms with Gasteiger partial charge >= 0.3 is 0 Å². The van der Waals surface area contributed by atoms with Gasteiger partial charge in [0.1, 0.15) is 16.4 Å². The minimum Gasteiger partial charge on any atom is -0.497 e. The van der Waals surface area contributed by atoms with Crippen molar-refractivity contribution in [3.63, 3.8) is 0 Å². The van der Waals surface area contributed by atoms with E-state index in [4.69, 9.17) is 10.5 Å². The molecule has 0 aliphatic carbocycles. The average Bonchev–Trinajstić information content (AvgIpc) is 2.88. The van der Waals surface area contributed by atoms with Gasteiger partial charge in [-0.3, -0.25) is 4.79 Å². The standard InChI is InChI=1S/C14H18N4O2S/c1-8(9-4-6-10(20-3)7-5-9)17-13(19)11-12(15)18-14(16-2)21-11/h4-8H,15H2,1-3H3,(H,16,18)(H,17,19). The summed E-state index contributed by atoms with van der Waals surface area (Å²) in [6.07, 6.45) is 0. The summed E-state index contributed by atoms with van der Waals surface area (Å²) in [7, 11) is 3.35. The van der Waals surface area contributed by atoms with Crippen molar-refractivity contribution in [3.05, 3.63) is 34.7 Å². The zero-order valence-corrected chi connectivity index (χ0v) is 13.0. The van der Waals surface area contributed by atoms with Crippen molar-refractivity contribution in [1.82, 2.24) is 10.3 Å². The van der Waals surface area contributed by atoms with Gasteiger partial charge in [-0.25, -0.2) is 4.98 Å². The maximum absolute atomic E-state index is 12.2. The summed E-state index contributed by atoms with van der Waals surface area (Å²) in [6, 6.07) is 7.41. The van der Waals surface area contributed by atoms with Gasteiger partial charge in [0.15, 0.2) is 5.13 Å². The molecule has 2 rings (SSSR count). The van der Waals surface area contributed by atoms with Crippen LogP contribution >= 0.6 is 11.3 Å². The topological polar surface area (TPSA) is 89.3 Å². The lowest BCUT2D eigenvalue weighted by Crippen LogP contribution is -2.26. The number of rotatable bonds is 5. The van der Waals surface area contributed by atoms with Crippen LogP contribution in [0.1, 0.15) is 28.2 Å². The maximum atomic E-state index is 12.2. The second-order valence-electron chi connectivity index (χ2n) is 4.45. The van der Waals surface area contributed by atoms with E-state index in [1.807, 2.05) is 31.2 Å². The number of thiazole rings is 1. The first-order chi connectivity index (χ1) is 10.0. The molecule has 1 amide bonds. The van der Waals surface area contributed by atoms with Crippen molar-refractivity contribution in [2.45, 2.75) is 13.0 Å². The van der Waals surface area contributed by atoms with Crippen molar-refractivity contribution in [1.29, 1.82) is 0 Å². The number of methoxy groups -OCH3 is 1. The molecule has 1 unspecified atom stereocenters. The van der Waals surface area contributed by atoms with Crippen LogP contribution in [0.25, 0.3) is 0 Å². The molecular weight excluding hydrogens is 288 g/mol. The van der Waals surface area contributed by atoms with Crippen LogP contribution in [0.2, 0.25) is 0 Å². The van der Waals surface area contributed by atoms with Crippen molar-refractivity contribution < 1.29 is 9.53 Å². The van der Waals surface area contributed by atoms with Crippen LogP contribution in [0, 0.1) is 0 Å². The Labute approximate surface area is 127 Å². The Kier molecular flexibility index (Phi) is 4.64. The minimum atomic E-state index is -0.227. The normalized spacial score (nSPS) is 11.8. The molecule has 0 aliphatic rings. The Morgan fingerprint density at radius 3 is 2.57 bits per heavy atom. The fourth-order valence-corrected chi connectivity index (χ4v) is 2.58. The number of carbonyl (C=O) groups is 1. The summed E-state index contributed by atoms with van der Waals surface area (Å²) < 4.78 is 5.11. The smallest absolute Gasteiger partial charge is 0.265 e. The van der Waals surface area contributed by atoms with Gasteiger partial charge in [-0.2, -0.15) is 0 Å². The number of hydrogen-bond donors (Lipinski definition) is 3. The number of nitrogens with one attached hydrogen (secondary N) is 2. The van der Waals surface area contributed by atoms with E-state index >= 15 is 0 Å². The Balaban J connectivity index is 2.08. The van der Waals surface area contributed by atoms with Crippen LogP contribution in [-0.2, 0) is 0 Å². The van der Waals surface area contributed by atoms with E-state index < -0.39 is 0 Å². The molecule has 1 atom stereocenters. The van der Waals surface area contributed by atoms with Crippen LogP contribution in [0.3, 0.4) is 0 Å². The Morgan fingerprint density at radius 1 is 1.38 bits per heavy atom. The molecule has 1 heterocycles. The van der Waals surface area contributed by atoms with E-state index in [9.17, 15) is 4.79 Å². The highest BCUT2D eigenvalue weighted by Gasteiger charge is 2.18. The van der Waals surface area contributed by atoms with Gasteiger partial charge in [0.25, 0.3) is 5.91 Å². The largest absolute Gasteiger partial charge is 0.497 e. The van der Waals surface area contributed by atoms with Gasteiger partial charge in [0.2, 0.25) is 0 Å². The molecule has 2 aromatic rings. The van der Waals surface area contributed by atoms with Crippen molar-refractivity contribution in [2.75, 3.05) is 25.2 Å². The molecule has 0 bridgehead atoms. The van der Waals surface area contributed by atoms with Crippen LogP contribution in [0.15, 0.2) is 24.3 Å². The summed E-state index contributed by atoms with van der Waals surface area (Å²) in [5.41, 5.74) is 6.74. The fourth-order valence-electron chi connectivity index (χ4n) is 1.84. The molecule has 112 valence electrons. The van der Waals surface area contributed by atoms with Gasteiger partial charge < -0.3 is 21.1 Å². The molecule has 0 fully saturated rings. The van der Waals surface area contributed by atoms with Crippen molar-refractivity contribution in [3.8, 4) is 5.75 Å². The molecule has 0 spiro atoms. The van der Waals surface area contributed by atoms with E-state index in [0.717, 1.165) is 11.3 Å². The predicted octanol–water partition coefficient (Wildman–Crippen LogP) is 2.27. The first kappa shape index (κ1) is 15.1. The fraction of sp³-hybridized carbons (Fsp3) is 0.286. The molecule has 0 saturated heterocycles. The zero-order chi connectivity index (χ0) is 15.4. The van der Waals surface area contributed by atoms with Gasteiger partial charge in [-0.1, -0.05) is 23.5 Å². The molecule has 0 aliphatic heterocycles. The molecule has 0 saturated carbocycles. The van der Waals surface area contributed by atoms with Crippen LogP contribution in [0.4, 0.5) is 10.9 Å². The van der Waals surface area contributed by atoms with Gasteiger partial charge in [0.05, 0.1) is 13.2 Å². The van der Waals surface area contributed by atoms with Crippen LogP contribution in [-0.4, -0.2) is 25.0 Å². The lowest BCUT2D eigenvalue weighted by Gasteiger charge is -2.14. The third-order valence-corrected chi connectivity index (χ3v) is 4.12. The van der Waals surface area contributed by atoms with E-state index in [0.29, 0.717) is 10.0 Å². The molecule has 6 nitrogen and oxygen atoms in total. The predicted molar refractivity (Wildman–Crippen MR) is 84.9 cm³/mol. The third-order valence-electron chi connectivity index (χ3n) is 3.04. The van der Waals surface area contributed by atoms with E-state index in [2.05, 4.69) is 15.6 Å². The second-order valence-corrected chi connectivity index (χ2v) is 5.45. The SMILES string of the molecule is CNc1nc(N)c(C(=O)NC(C)c2ccc(OC)cc2)s1. The molecule has 1 aromatic heterocycles. The number of nitrogens with zero attached hydrogens (tertiary/aromatic N) is 1. The minimum absolute atomic E-state index is 0.136. The third kappa shape index (κ3) is 3.43. The molecular formula is C14H18N4O2S. The number of amides is 1. The molecule has 1 aromatic carbocycles. The number of nitrogens with two attached hydrogens (primary N) is 1. The first-order valence-electron chi connectivity index (χ1n) is 6.44. The lowest BCUT2D eigenvalue weighted by atomic mass is 10.1. The Morgan fingerprint density at radius 2 is 2.05 bits per heavy atom. The Bertz CT molecular complexity index is 624. The highest BCUT2D eigenvalue weighted by atomic mass is 32.1. The summed E-state index contributed by atoms with van der Waals surface area (Å²) in [5.74, 6) is 0.793. The van der Waals surface area contributed by atoms with E-state index in [1.54, 1.807) is 14.2 Å². The number of ether oxygens (including phenoxy) is 1. The molecule has 4 N–H and O–H groups in total. The number of aromatic nitrogens is 1. The number of anilines is 2. The van der Waals surface area contributed by atoms with Gasteiger partial charge in [-0.15, -0.1) is 0 Å². The van der Waals surface area contributed by atoms with Gasteiger partial charge in [0, 0.05) is 7.05 Å². The van der Waals surface area contributed by atoms with Crippen LogP contribution in [0.5, 0.6) is 5.75 Å². The van der Waals surface area contributed by atoms with E-state index in [1.165, 1.54) is 11.3 Å². The number of carbonyl (C=O) groups excluding carboxylic acids is 1. The highest BCUT2D eigenvalue weighted by molar-refractivity contribution is 7.18. The molecule has 21 heavy (non-hydrogen) atoms. The summed E-state index contributed by atoms with van der Waals surface area (Å²) in [6.45, 7) is 1.91. The summed E-state index contributed by atoms with van der Waals surface area (Å²) in [4.78, 5) is 16.7. The summed E-state index contributed by atoms with van der Waals surface area (Å²) >= 11 is 1.23. The monoisotopic (exact) mass is 306 g/mol. The molecule has 0 radical (unpaired) electrons. The maximum Gasteiger partial charge on any atom is 0.265 e. The van der Waals surface area contributed by atoms with Crippen molar-refractivity contribution >= 4 is 28.2 Å². The quantitative estimate of drug-likeness (QED) is 0.788. The Hall–Kier alpha value is -2.28. The second kappa shape index (κ2) is 6.45. The van der Waals surface area contributed by atoms with E-state index in [-0.39, 0.29) is 17.8 Å². The lowest BCUT2D eigenvalue weighted by molar-refractivity contribution is 0.0944. The number of hydrogen-bond acceptors (Lipinski definition) is 6. The first-order valence-corrected chi connectivity index (χ1v) is 7.25. The zero-order valence-electron chi connectivity index (χ0n) is 12.1. The van der Waals surface area contributed by atoms with Gasteiger partial charge in [-0.05, 0) is 24.6 Å².